The smallest absolute Gasteiger partial charge is 0.231 e. The van der Waals surface area contributed by atoms with E-state index in [-0.39, 0.29) is 6.79 Å². The second kappa shape index (κ2) is 5.24. The maximum Gasteiger partial charge on any atom is 0.231 e. The van der Waals surface area contributed by atoms with E-state index < -0.39 is 0 Å². The first-order chi connectivity index (χ1) is 11.3. The van der Waals surface area contributed by atoms with E-state index >= 15 is 0 Å². The molecule has 0 N–H and O–H groups in total. The van der Waals surface area contributed by atoms with E-state index in [0.717, 1.165) is 16.8 Å². The average molecular weight is 307 g/mol. The molecule has 0 amide bonds. The zero-order chi connectivity index (χ0) is 15.8. The molecule has 0 fully saturated rings. The Morgan fingerprint density at radius 1 is 1.09 bits per heavy atom. The van der Waals surface area contributed by atoms with Crippen molar-refractivity contribution in [2.45, 2.75) is 6.92 Å². The van der Waals surface area contributed by atoms with Gasteiger partial charge in [0.05, 0.1) is 5.69 Å². The summed E-state index contributed by atoms with van der Waals surface area (Å²) in [6.45, 7) is 2.22. The zero-order valence-corrected chi connectivity index (χ0v) is 12.4. The summed E-state index contributed by atoms with van der Waals surface area (Å²) in [4.78, 5) is 11.3. The number of aldehydes is 1. The van der Waals surface area contributed by atoms with E-state index in [1.807, 2.05) is 49.4 Å². The van der Waals surface area contributed by atoms with E-state index in [0.29, 0.717) is 29.2 Å². The molecule has 0 spiro atoms. The predicted molar refractivity (Wildman–Crippen MR) is 83.0 cm³/mol. The molecule has 6 heteroatoms. The molecule has 0 atom stereocenters. The van der Waals surface area contributed by atoms with Crippen molar-refractivity contribution in [3.63, 3.8) is 0 Å². The van der Waals surface area contributed by atoms with Crippen LogP contribution in [-0.2, 0) is 0 Å². The fourth-order valence-electron chi connectivity index (χ4n) is 2.55. The topological polar surface area (TPSA) is 66.2 Å². The van der Waals surface area contributed by atoms with Crippen LogP contribution >= 0.6 is 0 Å². The highest BCUT2D eigenvalue weighted by atomic mass is 16.7. The monoisotopic (exact) mass is 307 g/mol. The number of aryl methyl sites for hydroxylation is 1. The van der Waals surface area contributed by atoms with Gasteiger partial charge in [0.1, 0.15) is 5.69 Å². The van der Waals surface area contributed by atoms with E-state index in [1.54, 1.807) is 4.68 Å². The Hall–Kier alpha value is -3.15. The van der Waals surface area contributed by atoms with Gasteiger partial charge in [-0.15, -0.1) is 5.10 Å². The number of benzene rings is 2. The van der Waals surface area contributed by atoms with Crippen molar-refractivity contribution in [1.82, 2.24) is 15.0 Å². The molecule has 0 saturated heterocycles. The van der Waals surface area contributed by atoms with Crippen molar-refractivity contribution < 1.29 is 14.3 Å². The number of hydrogen-bond donors (Lipinski definition) is 0. The van der Waals surface area contributed by atoms with Crippen LogP contribution in [0.25, 0.3) is 16.9 Å². The lowest BCUT2D eigenvalue weighted by Crippen LogP contribution is -2.00. The minimum atomic E-state index is 0.209. The Morgan fingerprint density at radius 2 is 1.87 bits per heavy atom. The Balaban J connectivity index is 1.88. The van der Waals surface area contributed by atoms with Crippen LogP contribution in [-0.4, -0.2) is 28.1 Å². The van der Waals surface area contributed by atoms with Crippen LogP contribution in [0.3, 0.4) is 0 Å². The summed E-state index contributed by atoms with van der Waals surface area (Å²) in [5.74, 6) is 1.35. The number of ether oxygens (including phenoxy) is 2. The van der Waals surface area contributed by atoms with Crippen LogP contribution in [0.4, 0.5) is 0 Å². The minimum absolute atomic E-state index is 0.209. The number of nitrogens with zero attached hydrogens (tertiary/aromatic N) is 3. The SMILES string of the molecule is Cc1ccc(-c2c(C=O)nnn2-c2ccc3c(c2)OCO3)cc1. The molecule has 1 aliphatic rings. The molecule has 2 aromatic carbocycles. The summed E-state index contributed by atoms with van der Waals surface area (Å²) >= 11 is 0. The lowest BCUT2D eigenvalue weighted by molar-refractivity contribution is 0.111. The molecule has 4 rings (SSSR count). The van der Waals surface area contributed by atoms with Crippen molar-refractivity contribution in [3.8, 4) is 28.4 Å². The predicted octanol–water partition coefficient (Wildman–Crippen LogP) is 2.78. The quantitative estimate of drug-likeness (QED) is 0.696. The molecule has 0 aliphatic carbocycles. The Kier molecular flexibility index (Phi) is 3.08. The fourth-order valence-corrected chi connectivity index (χ4v) is 2.55. The van der Waals surface area contributed by atoms with Gasteiger partial charge in [-0.25, -0.2) is 4.68 Å². The summed E-state index contributed by atoms with van der Waals surface area (Å²) in [5, 5.41) is 8.10. The van der Waals surface area contributed by atoms with Gasteiger partial charge >= 0.3 is 0 Å². The van der Waals surface area contributed by atoms with Crippen LogP contribution in [0.5, 0.6) is 11.5 Å². The van der Waals surface area contributed by atoms with Gasteiger partial charge < -0.3 is 9.47 Å². The molecule has 1 aromatic heterocycles. The zero-order valence-electron chi connectivity index (χ0n) is 12.4. The third-order valence-electron chi connectivity index (χ3n) is 3.73. The van der Waals surface area contributed by atoms with Gasteiger partial charge in [-0.2, -0.15) is 0 Å². The van der Waals surface area contributed by atoms with Gasteiger partial charge in [0.25, 0.3) is 0 Å². The molecule has 2 heterocycles. The summed E-state index contributed by atoms with van der Waals surface area (Å²) < 4.78 is 12.4. The van der Waals surface area contributed by atoms with Crippen molar-refractivity contribution in [3.05, 3.63) is 53.7 Å². The maximum atomic E-state index is 11.3. The lowest BCUT2D eigenvalue weighted by Gasteiger charge is -2.08. The first-order valence-electron chi connectivity index (χ1n) is 7.14. The molecule has 0 radical (unpaired) electrons. The Bertz CT molecular complexity index is 885. The maximum absolute atomic E-state index is 11.3. The Morgan fingerprint density at radius 3 is 2.65 bits per heavy atom. The summed E-state index contributed by atoms with van der Waals surface area (Å²) in [7, 11) is 0. The first-order valence-corrected chi connectivity index (χ1v) is 7.14. The molecule has 0 saturated carbocycles. The largest absolute Gasteiger partial charge is 0.454 e. The summed E-state index contributed by atoms with van der Waals surface area (Å²) in [5.41, 5.74) is 3.72. The third-order valence-corrected chi connectivity index (χ3v) is 3.73. The minimum Gasteiger partial charge on any atom is -0.454 e. The average Bonchev–Trinajstić information content (AvgIpc) is 3.21. The molecule has 1 aliphatic heterocycles. The number of aromatic nitrogens is 3. The van der Waals surface area contributed by atoms with Gasteiger partial charge in [0.2, 0.25) is 6.79 Å². The second-order valence-electron chi connectivity index (χ2n) is 5.26. The lowest BCUT2D eigenvalue weighted by atomic mass is 10.1. The van der Waals surface area contributed by atoms with E-state index in [2.05, 4.69) is 10.3 Å². The molecule has 114 valence electrons. The molecular weight excluding hydrogens is 294 g/mol. The highest BCUT2D eigenvalue weighted by Crippen LogP contribution is 2.35. The van der Waals surface area contributed by atoms with Crippen molar-refractivity contribution in [1.29, 1.82) is 0 Å². The van der Waals surface area contributed by atoms with E-state index in [4.69, 9.17) is 9.47 Å². The van der Waals surface area contributed by atoms with Gasteiger partial charge in [0, 0.05) is 11.6 Å². The number of hydrogen-bond acceptors (Lipinski definition) is 5. The van der Waals surface area contributed by atoms with E-state index in [1.165, 1.54) is 0 Å². The standard InChI is InChI=1S/C17H13N3O3/c1-11-2-4-12(5-3-11)17-14(9-21)18-19-20(17)13-6-7-15-16(8-13)23-10-22-15/h2-9H,10H2,1H3. The van der Waals surface area contributed by atoms with Gasteiger partial charge in [-0.3, -0.25) is 4.79 Å². The number of fused-ring (bicyclic) bond motifs is 1. The Labute approximate surface area is 132 Å². The molecular formula is C17H13N3O3. The highest BCUT2D eigenvalue weighted by Gasteiger charge is 2.19. The van der Waals surface area contributed by atoms with Crippen LogP contribution in [0.2, 0.25) is 0 Å². The van der Waals surface area contributed by atoms with Gasteiger partial charge in [-0.05, 0) is 19.1 Å². The van der Waals surface area contributed by atoms with Crippen LogP contribution in [0, 0.1) is 6.92 Å². The normalized spacial score (nSPS) is 12.4. The summed E-state index contributed by atoms with van der Waals surface area (Å²) in [6, 6.07) is 13.4. The summed E-state index contributed by atoms with van der Waals surface area (Å²) in [6.07, 6.45) is 0.714. The number of carbonyl (C=O) groups is 1. The van der Waals surface area contributed by atoms with Crippen molar-refractivity contribution >= 4 is 6.29 Å². The number of carbonyl (C=O) groups excluding carboxylic acids is 1. The first kappa shape index (κ1) is 13.5. The second-order valence-corrected chi connectivity index (χ2v) is 5.26. The molecule has 23 heavy (non-hydrogen) atoms. The van der Waals surface area contributed by atoms with E-state index in [9.17, 15) is 4.79 Å². The fraction of sp³-hybridized carbons (Fsp3) is 0.118. The van der Waals surface area contributed by atoms with Crippen LogP contribution in [0.1, 0.15) is 16.1 Å². The molecule has 0 unspecified atom stereocenters. The molecule has 6 nitrogen and oxygen atoms in total. The van der Waals surface area contributed by atoms with Crippen molar-refractivity contribution in [2.24, 2.45) is 0 Å². The van der Waals surface area contributed by atoms with Gasteiger partial charge in [0.15, 0.2) is 23.5 Å². The van der Waals surface area contributed by atoms with Gasteiger partial charge in [-0.1, -0.05) is 35.0 Å². The molecule has 3 aromatic rings. The van der Waals surface area contributed by atoms with Crippen LogP contribution < -0.4 is 9.47 Å². The molecule has 0 bridgehead atoms. The number of rotatable bonds is 3. The van der Waals surface area contributed by atoms with Crippen LogP contribution in [0.15, 0.2) is 42.5 Å². The third kappa shape index (κ3) is 2.24. The van der Waals surface area contributed by atoms with Crippen molar-refractivity contribution in [2.75, 3.05) is 6.79 Å². The highest BCUT2D eigenvalue weighted by molar-refractivity contribution is 5.84.